The van der Waals surface area contributed by atoms with Crippen LogP contribution in [0.15, 0.2) is 48.5 Å². The predicted octanol–water partition coefficient (Wildman–Crippen LogP) is 7.52. The first-order chi connectivity index (χ1) is 15.0. The van der Waals surface area contributed by atoms with Crippen molar-refractivity contribution >= 4 is 23.2 Å². The van der Waals surface area contributed by atoms with Crippen LogP contribution in [0, 0.1) is 11.3 Å². The average Bonchev–Trinajstić information content (AvgIpc) is 3.69. The molecule has 0 aliphatic heterocycles. The summed E-state index contributed by atoms with van der Waals surface area (Å²) in [4.78, 5) is 2.33. The second-order valence-electron chi connectivity index (χ2n) is 8.85. The van der Waals surface area contributed by atoms with E-state index in [0.29, 0.717) is 0 Å². The number of alkyl halides is 2. The third-order valence-electron chi connectivity index (χ3n) is 6.21. The van der Waals surface area contributed by atoms with Gasteiger partial charge in [-0.05, 0) is 80.3 Å². The summed E-state index contributed by atoms with van der Waals surface area (Å²) in [5.41, 5.74) is 5.54. The molecule has 0 aromatic heterocycles. The van der Waals surface area contributed by atoms with E-state index >= 15 is 0 Å². The molecule has 0 saturated heterocycles. The van der Waals surface area contributed by atoms with Crippen molar-refractivity contribution in [2.75, 3.05) is 13.1 Å². The Balaban J connectivity index is 0.000000858. The summed E-state index contributed by atoms with van der Waals surface area (Å²) in [5, 5.41) is 7.32. The number of rotatable bonds is 10. The Bertz CT molecular complexity index is 844. The van der Waals surface area contributed by atoms with Gasteiger partial charge in [-0.3, -0.25) is 4.90 Å². The minimum Gasteiger partial charge on any atom is -0.299 e. The summed E-state index contributed by atoms with van der Waals surface area (Å²) in [5.74, 6) is 0. The zero-order valence-corrected chi connectivity index (χ0v) is 20.4. The molecular formula is C27H34Cl2N2. The minimum absolute atomic E-state index is 0.124. The Morgan fingerprint density at radius 1 is 0.903 bits per heavy atom. The monoisotopic (exact) mass is 456 g/mol. The van der Waals surface area contributed by atoms with E-state index in [2.05, 4.69) is 60.4 Å². The topological polar surface area (TPSA) is 27.0 Å². The Morgan fingerprint density at radius 2 is 1.45 bits per heavy atom. The van der Waals surface area contributed by atoms with Gasteiger partial charge in [-0.1, -0.05) is 55.5 Å². The average molecular weight is 457 g/mol. The van der Waals surface area contributed by atoms with Crippen molar-refractivity contribution in [1.29, 1.82) is 5.26 Å². The normalized spacial score (nSPS) is 17.4. The number of hydrogen-bond acceptors (Lipinski definition) is 2. The van der Waals surface area contributed by atoms with Crippen LogP contribution in [0.4, 0.5) is 0 Å². The highest BCUT2D eigenvalue weighted by Crippen LogP contribution is 2.58. The van der Waals surface area contributed by atoms with Crippen molar-refractivity contribution in [3.8, 4) is 6.07 Å². The van der Waals surface area contributed by atoms with Crippen LogP contribution in [0.3, 0.4) is 0 Å². The molecule has 166 valence electrons. The van der Waals surface area contributed by atoms with Gasteiger partial charge < -0.3 is 0 Å². The quantitative estimate of drug-likeness (QED) is 0.345. The lowest BCUT2D eigenvalue weighted by atomic mass is 9.91. The van der Waals surface area contributed by atoms with Crippen LogP contribution in [0.5, 0.6) is 0 Å². The van der Waals surface area contributed by atoms with Crippen LogP contribution in [-0.4, -0.2) is 18.0 Å². The third-order valence-corrected chi connectivity index (χ3v) is 7.37. The van der Waals surface area contributed by atoms with E-state index in [1.54, 1.807) is 6.07 Å². The summed E-state index contributed by atoms with van der Waals surface area (Å²) in [7, 11) is 0. The molecule has 2 nitrogen and oxygen atoms in total. The molecule has 2 aromatic carbocycles. The standard InChI is InChI=1S/C25H31Cl2N.C2H3N/c1-2-17-28(19-20-8-4-3-5-9-20)18-7-10-21-22(24(26)13-14-24)11-6-12-23(21)25(27)15-16-25;1-2-3/h3-6,8-9,11-12H,2,7,10,13-19H2,1H3;1H3. The first-order valence-corrected chi connectivity index (χ1v) is 12.3. The van der Waals surface area contributed by atoms with Crippen LogP contribution in [-0.2, 0) is 22.7 Å². The van der Waals surface area contributed by atoms with Gasteiger partial charge in [0.2, 0.25) is 0 Å². The molecule has 0 bridgehead atoms. The fourth-order valence-corrected chi connectivity index (χ4v) is 4.90. The van der Waals surface area contributed by atoms with Gasteiger partial charge in [0.15, 0.2) is 0 Å². The van der Waals surface area contributed by atoms with Gasteiger partial charge in [0.1, 0.15) is 0 Å². The summed E-state index contributed by atoms with van der Waals surface area (Å²) in [6.45, 7) is 6.98. The maximum absolute atomic E-state index is 7.32. The van der Waals surface area contributed by atoms with E-state index < -0.39 is 0 Å². The Morgan fingerprint density at radius 3 is 1.94 bits per heavy atom. The van der Waals surface area contributed by atoms with Crippen molar-refractivity contribution in [3.63, 3.8) is 0 Å². The molecule has 0 heterocycles. The van der Waals surface area contributed by atoms with Crippen molar-refractivity contribution in [1.82, 2.24) is 4.90 Å². The van der Waals surface area contributed by atoms with Crippen molar-refractivity contribution in [3.05, 3.63) is 70.8 Å². The molecular weight excluding hydrogens is 423 g/mol. The van der Waals surface area contributed by atoms with Gasteiger partial charge in [-0.15, -0.1) is 23.2 Å². The summed E-state index contributed by atoms with van der Waals surface area (Å²) >= 11 is 13.7. The largest absolute Gasteiger partial charge is 0.299 e. The second kappa shape index (κ2) is 10.9. The van der Waals surface area contributed by atoms with Crippen LogP contribution in [0.25, 0.3) is 0 Å². The lowest BCUT2D eigenvalue weighted by Crippen LogP contribution is -2.26. The van der Waals surface area contributed by atoms with E-state index in [4.69, 9.17) is 28.5 Å². The highest BCUT2D eigenvalue weighted by molar-refractivity contribution is 6.27. The highest BCUT2D eigenvalue weighted by atomic mass is 35.5. The number of nitrogens with zero attached hydrogens (tertiary/aromatic N) is 2. The smallest absolute Gasteiger partial charge is 0.0699 e. The third kappa shape index (κ3) is 6.48. The van der Waals surface area contributed by atoms with Gasteiger partial charge in [0.25, 0.3) is 0 Å². The molecule has 2 saturated carbocycles. The van der Waals surface area contributed by atoms with Gasteiger partial charge in [-0.25, -0.2) is 0 Å². The van der Waals surface area contributed by atoms with Gasteiger partial charge in [0, 0.05) is 13.5 Å². The second-order valence-corrected chi connectivity index (χ2v) is 10.3. The number of benzene rings is 2. The zero-order chi connectivity index (χ0) is 22.3. The molecule has 2 aliphatic rings. The van der Waals surface area contributed by atoms with Crippen molar-refractivity contribution in [2.45, 2.75) is 75.1 Å². The first-order valence-electron chi connectivity index (χ1n) is 11.5. The molecule has 0 N–H and O–H groups in total. The Kier molecular flexibility index (Phi) is 8.45. The van der Waals surface area contributed by atoms with Crippen LogP contribution in [0.2, 0.25) is 0 Å². The van der Waals surface area contributed by atoms with E-state index in [9.17, 15) is 0 Å². The van der Waals surface area contributed by atoms with Crippen molar-refractivity contribution < 1.29 is 0 Å². The molecule has 2 aromatic rings. The number of halogens is 2. The predicted molar refractivity (Wildman–Crippen MR) is 132 cm³/mol. The molecule has 4 rings (SSSR count). The van der Waals surface area contributed by atoms with Gasteiger partial charge in [-0.2, -0.15) is 5.26 Å². The Hall–Kier alpha value is -1.53. The minimum atomic E-state index is -0.124. The van der Waals surface area contributed by atoms with Crippen LogP contribution >= 0.6 is 23.2 Å². The Labute approximate surface area is 198 Å². The molecule has 2 aliphatic carbocycles. The van der Waals surface area contributed by atoms with Gasteiger partial charge in [0.05, 0.1) is 15.8 Å². The van der Waals surface area contributed by atoms with Crippen LogP contribution in [0.1, 0.15) is 74.6 Å². The van der Waals surface area contributed by atoms with E-state index in [1.165, 1.54) is 35.6 Å². The summed E-state index contributed by atoms with van der Waals surface area (Å²) in [6, 6.07) is 19.2. The fourth-order valence-electron chi connectivity index (χ4n) is 4.36. The number of hydrogen-bond donors (Lipinski definition) is 0. The molecule has 0 spiro atoms. The molecule has 2 fully saturated rings. The van der Waals surface area contributed by atoms with E-state index in [1.807, 2.05) is 0 Å². The lowest BCUT2D eigenvalue weighted by molar-refractivity contribution is 0.262. The molecule has 4 heteroatoms. The first kappa shape index (κ1) is 24.1. The molecule has 0 atom stereocenters. The SMILES string of the molecule is CC#N.CCCN(CCCc1c(C2(Cl)CC2)cccc1C1(Cl)CC1)Cc1ccccc1. The maximum Gasteiger partial charge on any atom is 0.0699 e. The van der Waals surface area contributed by atoms with Crippen LogP contribution < -0.4 is 0 Å². The maximum atomic E-state index is 7.32. The molecule has 0 amide bonds. The summed E-state index contributed by atoms with van der Waals surface area (Å²) in [6.07, 6.45) is 7.78. The zero-order valence-electron chi connectivity index (χ0n) is 18.8. The van der Waals surface area contributed by atoms with Crippen molar-refractivity contribution in [2.24, 2.45) is 0 Å². The lowest BCUT2D eigenvalue weighted by Gasteiger charge is -2.24. The highest BCUT2D eigenvalue weighted by Gasteiger charge is 2.48. The molecule has 31 heavy (non-hydrogen) atoms. The molecule has 0 radical (unpaired) electrons. The van der Waals surface area contributed by atoms with E-state index in [-0.39, 0.29) is 9.75 Å². The van der Waals surface area contributed by atoms with E-state index in [0.717, 1.165) is 58.2 Å². The number of nitriles is 1. The fraction of sp³-hybridized carbons (Fsp3) is 0.519. The van der Waals surface area contributed by atoms with Gasteiger partial charge >= 0.3 is 0 Å². The molecule has 0 unspecified atom stereocenters. The summed E-state index contributed by atoms with van der Waals surface area (Å²) < 4.78 is 0.